The fourth-order valence-corrected chi connectivity index (χ4v) is 3.41. The quantitative estimate of drug-likeness (QED) is 0.418. The van der Waals surface area contributed by atoms with Crippen LogP contribution in [0.25, 0.3) is 10.9 Å². The number of aromatic nitrogens is 3. The van der Waals surface area contributed by atoms with Crippen LogP contribution in [-0.4, -0.2) is 49.2 Å². The number of hydrogen-bond acceptors (Lipinski definition) is 6. The van der Waals surface area contributed by atoms with Gasteiger partial charge in [0.25, 0.3) is 0 Å². The van der Waals surface area contributed by atoms with Crippen molar-refractivity contribution in [2.75, 3.05) is 25.2 Å². The number of benzene rings is 1. The predicted molar refractivity (Wildman–Crippen MR) is 114 cm³/mol. The van der Waals surface area contributed by atoms with Gasteiger partial charge in [-0.05, 0) is 50.1 Å². The van der Waals surface area contributed by atoms with Gasteiger partial charge in [0.05, 0.1) is 13.4 Å². The number of aromatic amines is 1. The first-order valence-electron chi connectivity index (χ1n) is 8.99. The first-order valence-corrected chi connectivity index (χ1v) is 10.9. The third-order valence-electron chi connectivity index (χ3n) is 4.12. The molecule has 0 saturated heterocycles. The molecule has 29 heavy (non-hydrogen) atoms. The summed E-state index contributed by atoms with van der Waals surface area (Å²) in [5.74, 6) is 1.14. The van der Waals surface area contributed by atoms with Crippen LogP contribution in [0.15, 0.2) is 35.5 Å². The third kappa shape index (κ3) is 5.67. The molecule has 3 aromatic rings. The number of anilines is 1. The molecule has 0 spiro atoms. The summed E-state index contributed by atoms with van der Waals surface area (Å²) in [6, 6.07) is 7.64. The van der Waals surface area contributed by atoms with E-state index in [4.69, 9.17) is 4.74 Å². The Kier molecular flexibility index (Phi) is 6.02. The Morgan fingerprint density at radius 1 is 1.21 bits per heavy atom. The van der Waals surface area contributed by atoms with Crippen LogP contribution >= 0.6 is 0 Å². The standard InChI is InChI=1S/C19H24N6O3S/c1-12-9-13(2)23-19(22-12)24-18(25-29(4,26)27)20-8-7-14-11-21-17-6-5-15(28-3)10-16(14)17/h5-6,9-11,21H,7-8H2,1-4H3,(H2,20,22,23,24,25). The summed E-state index contributed by atoms with van der Waals surface area (Å²) < 4.78 is 31.1. The number of methoxy groups -OCH3 is 1. The Morgan fingerprint density at radius 3 is 2.59 bits per heavy atom. The van der Waals surface area contributed by atoms with E-state index >= 15 is 0 Å². The van der Waals surface area contributed by atoms with E-state index in [0.29, 0.717) is 13.0 Å². The molecule has 1 aromatic carbocycles. The van der Waals surface area contributed by atoms with E-state index in [-0.39, 0.29) is 11.9 Å². The Hall–Kier alpha value is -3.14. The minimum atomic E-state index is -3.51. The van der Waals surface area contributed by atoms with Crippen LogP contribution in [0.3, 0.4) is 0 Å². The van der Waals surface area contributed by atoms with Gasteiger partial charge in [-0.25, -0.2) is 18.4 Å². The molecule has 0 unspecified atom stereocenters. The van der Waals surface area contributed by atoms with Crippen molar-refractivity contribution in [1.29, 1.82) is 0 Å². The van der Waals surface area contributed by atoms with Gasteiger partial charge >= 0.3 is 0 Å². The molecule has 0 aliphatic carbocycles. The van der Waals surface area contributed by atoms with Gasteiger partial charge in [-0.2, -0.15) is 0 Å². The molecular formula is C19H24N6O3S. The average Bonchev–Trinajstić information content (AvgIpc) is 3.01. The first-order chi connectivity index (χ1) is 13.7. The largest absolute Gasteiger partial charge is 0.497 e. The minimum absolute atomic E-state index is 0.0786. The number of nitrogens with zero attached hydrogens (tertiary/aromatic N) is 3. The van der Waals surface area contributed by atoms with Crippen molar-refractivity contribution < 1.29 is 13.2 Å². The van der Waals surface area contributed by atoms with E-state index in [2.05, 4.69) is 30.0 Å². The summed E-state index contributed by atoms with van der Waals surface area (Å²) in [5.41, 5.74) is 3.60. The van der Waals surface area contributed by atoms with Crippen LogP contribution in [-0.2, 0) is 16.4 Å². The third-order valence-corrected chi connectivity index (χ3v) is 4.68. The lowest BCUT2D eigenvalue weighted by atomic mass is 10.1. The number of rotatable bonds is 6. The zero-order valence-corrected chi connectivity index (χ0v) is 17.6. The van der Waals surface area contributed by atoms with Crippen molar-refractivity contribution in [3.8, 4) is 5.75 Å². The molecule has 3 rings (SSSR count). The fraction of sp³-hybridized carbons (Fsp3) is 0.316. The molecule has 0 aliphatic heterocycles. The molecular weight excluding hydrogens is 392 g/mol. The van der Waals surface area contributed by atoms with E-state index < -0.39 is 10.0 Å². The highest BCUT2D eigenvalue weighted by Gasteiger charge is 2.10. The first kappa shape index (κ1) is 20.6. The second-order valence-electron chi connectivity index (χ2n) is 6.68. The van der Waals surface area contributed by atoms with Gasteiger partial charge in [0.2, 0.25) is 21.9 Å². The van der Waals surface area contributed by atoms with Gasteiger partial charge < -0.3 is 9.72 Å². The number of ether oxygens (including phenoxy) is 1. The SMILES string of the molecule is COc1ccc2[nH]cc(CCN=C(Nc3nc(C)cc(C)n3)NS(C)(=O)=O)c2c1. The normalized spacial score (nSPS) is 12.2. The lowest BCUT2D eigenvalue weighted by Gasteiger charge is -2.11. The van der Waals surface area contributed by atoms with Gasteiger partial charge in [-0.15, -0.1) is 0 Å². The van der Waals surface area contributed by atoms with Gasteiger partial charge in [0.1, 0.15) is 5.75 Å². The monoisotopic (exact) mass is 416 g/mol. The second kappa shape index (κ2) is 8.48. The summed E-state index contributed by atoms with van der Waals surface area (Å²) in [4.78, 5) is 16.1. The maximum atomic E-state index is 11.7. The van der Waals surface area contributed by atoms with E-state index in [9.17, 15) is 8.42 Å². The van der Waals surface area contributed by atoms with Crippen LogP contribution in [0.4, 0.5) is 5.95 Å². The molecule has 0 fully saturated rings. The highest BCUT2D eigenvalue weighted by Crippen LogP contribution is 2.23. The number of sulfonamides is 1. The molecule has 2 aromatic heterocycles. The van der Waals surface area contributed by atoms with Crippen LogP contribution < -0.4 is 14.8 Å². The topological polar surface area (TPSA) is 121 Å². The van der Waals surface area contributed by atoms with Gasteiger partial charge in [-0.3, -0.25) is 15.0 Å². The lowest BCUT2D eigenvalue weighted by Crippen LogP contribution is -2.36. The Morgan fingerprint density at radius 2 is 1.93 bits per heavy atom. The predicted octanol–water partition coefficient (Wildman–Crippen LogP) is 2.14. The lowest BCUT2D eigenvalue weighted by molar-refractivity contribution is 0.415. The molecule has 0 radical (unpaired) electrons. The van der Waals surface area contributed by atoms with Gasteiger partial charge in [-0.1, -0.05) is 0 Å². The van der Waals surface area contributed by atoms with Crippen LogP contribution in [0.5, 0.6) is 5.75 Å². The molecule has 0 amide bonds. The summed E-state index contributed by atoms with van der Waals surface area (Å²) in [6.07, 6.45) is 3.60. The maximum absolute atomic E-state index is 11.7. The summed E-state index contributed by atoms with van der Waals surface area (Å²) in [7, 11) is -1.89. The Bertz CT molecular complexity index is 1130. The Labute approximate surface area is 169 Å². The number of H-pyrrole nitrogens is 1. The summed E-state index contributed by atoms with van der Waals surface area (Å²) >= 11 is 0. The number of aryl methyl sites for hydroxylation is 2. The Balaban J connectivity index is 1.79. The van der Waals surface area contributed by atoms with E-state index in [1.165, 1.54) is 0 Å². The fourth-order valence-electron chi connectivity index (χ4n) is 2.94. The van der Waals surface area contributed by atoms with E-state index in [1.807, 2.05) is 44.3 Å². The van der Waals surface area contributed by atoms with Crippen LogP contribution in [0.2, 0.25) is 0 Å². The molecule has 2 heterocycles. The number of aliphatic imine (C=N–C) groups is 1. The average molecular weight is 417 g/mol. The van der Waals surface area contributed by atoms with Crippen molar-refractivity contribution in [1.82, 2.24) is 19.7 Å². The zero-order chi connectivity index (χ0) is 21.0. The summed E-state index contributed by atoms with van der Waals surface area (Å²) in [5, 5.41) is 3.91. The van der Waals surface area contributed by atoms with Crippen molar-refractivity contribution >= 4 is 32.8 Å². The molecule has 0 atom stereocenters. The van der Waals surface area contributed by atoms with E-state index in [1.54, 1.807) is 7.11 Å². The number of hydrogen-bond donors (Lipinski definition) is 3. The summed E-state index contributed by atoms with van der Waals surface area (Å²) in [6.45, 7) is 4.04. The minimum Gasteiger partial charge on any atom is -0.497 e. The molecule has 0 aliphatic rings. The number of fused-ring (bicyclic) bond motifs is 1. The number of nitrogens with one attached hydrogen (secondary N) is 3. The van der Waals surface area contributed by atoms with E-state index in [0.717, 1.165) is 39.9 Å². The van der Waals surface area contributed by atoms with Crippen LogP contribution in [0.1, 0.15) is 17.0 Å². The molecule has 9 nitrogen and oxygen atoms in total. The highest BCUT2D eigenvalue weighted by molar-refractivity contribution is 7.89. The smallest absolute Gasteiger partial charge is 0.232 e. The van der Waals surface area contributed by atoms with Crippen molar-refractivity contribution in [2.45, 2.75) is 20.3 Å². The second-order valence-corrected chi connectivity index (χ2v) is 8.43. The molecule has 3 N–H and O–H groups in total. The van der Waals surface area contributed by atoms with Crippen molar-refractivity contribution in [3.05, 3.63) is 47.4 Å². The van der Waals surface area contributed by atoms with Crippen molar-refractivity contribution in [3.63, 3.8) is 0 Å². The zero-order valence-electron chi connectivity index (χ0n) is 16.8. The van der Waals surface area contributed by atoms with Gasteiger partial charge in [0.15, 0.2) is 0 Å². The molecule has 0 bridgehead atoms. The van der Waals surface area contributed by atoms with Crippen LogP contribution in [0, 0.1) is 13.8 Å². The maximum Gasteiger partial charge on any atom is 0.232 e. The molecule has 10 heteroatoms. The van der Waals surface area contributed by atoms with Crippen molar-refractivity contribution in [2.24, 2.45) is 4.99 Å². The highest BCUT2D eigenvalue weighted by atomic mass is 32.2. The number of guanidine groups is 1. The molecule has 154 valence electrons. The molecule has 0 saturated carbocycles. The van der Waals surface area contributed by atoms with Gasteiger partial charge in [0, 0.05) is 35.0 Å².